The molecule has 0 amide bonds. The number of hydrogen-bond donors (Lipinski definition) is 1. The first-order valence-corrected chi connectivity index (χ1v) is 15.1. The Labute approximate surface area is 264 Å². The topological polar surface area (TPSA) is 60.6 Å². The number of rotatable bonds is 13. The van der Waals surface area contributed by atoms with Gasteiger partial charge in [-0.2, -0.15) is 0 Å². The molecular weight excluding hydrogens is 558 g/mol. The Bertz CT molecular complexity index is 1810. The lowest BCUT2D eigenvalue weighted by Crippen LogP contribution is -2.06. The highest BCUT2D eigenvalue weighted by Crippen LogP contribution is 2.32. The Hall–Kier alpha value is -5.55. The number of H-pyrrole nitrogens is 1. The van der Waals surface area contributed by atoms with Crippen molar-refractivity contribution in [3.8, 4) is 17.2 Å². The lowest BCUT2D eigenvalue weighted by atomic mass is 9.98. The Morgan fingerprint density at radius 3 is 1.69 bits per heavy atom. The third-order valence-corrected chi connectivity index (χ3v) is 7.73. The second-order valence-corrected chi connectivity index (χ2v) is 10.9. The summed E-state index contributed by atoms with van der Waals surface area (Å²) in [5.41, 5.74) is 6.33. The van der Waals surface area contributed by atoms with E-state index in [1.807, 2.05) is 121 Å². The van der Waals surface area contributed by atoms with Crippen molar-refractivity contribution in [1.29, 1.82) is 0 Å². The van der Waals surface area contributed by atoms with Gasteiger partial charge < -0.3 is 19.2 Å². The molecule has 0 fully saturated rings. The summed E-state index contributed by atoms with van der Waals surface area (Å²) in [6.45, 7) is 3.40. The number of carbonyl (C=O) groups is 1. The highest BCUT2D eigenvalue weighted by molar-refractivity contribution is 6.08. The molecule has 1 unspecified atom stereocenters. The van der Waals surface area contributed by atoms with Crippen molar-refractivity contribution >= 4 is 5.78 Å². The standard InChI is InChI=1S/C40H35NO4/c1-29(33-17-20-35(21-18-33)43-26-30-11-5-2-6-12-30)36-22-23-37(41-36)40(42)34-19-24-38(44-27-31-13-7-3-8-14-31)39(25-34)45-28-32-15-9-4-10-16-32/h2-25,29,41H,26-28H2,1H3. The van der Waals surface area contributed by atoms with Crippen LogP contribution in [0.15, 0.2) is 146 Å². The zero-order valence-corrected chi connectivity index (χ0v) is 25.2. The van der Waals surface area contributed by atoms with E-state index in [4.69, 9.17) is 14.2 Å². The van der Waals surface area contributed by atoms with Gasteiger partial charge in [-0.05, 0) is 64.7 Å². The molecule has 0 bridgehead atoms. The lowest BCUT2D eigenvalue weighted by Gasteiger charge is -2.14. The summed E-state index contributed by atoms with van der Waals surface area (Å²) in [5, 5.41) is 0. The molecule has 45 heavy (non-hydrogen) atoms. The molecule has 0 radical (unpaired) electrons. The summed E-state index contributed by atoms with van der Waals surface area (Å²) in [4.78, 5) is 17.0. The average Bonchev–Trinajstić information content (AvgIpc) is 3.61. The Kier molecular flexibility index (Phi) is 9.37. The number of carbonyl (C=O) groups excluding carboxylic acids is 1. The number of aromatic amines is 1. The van der Waals surface area contributed by atoms with E-state index in [1.165, 1.54) is 0 Å². The predicted octanol–water partition coefficient (Wildman–Crippen LogP) is 9.13. The van der Waals surface area contributed by atoms with Crippen molar-refractivity contribution in [2.24, 2.45) is 0 Å². The summed E-state index contributed by atoms with van der Waals surface area (Å²) in [6.07, 6.45) is 0. The van der Waals surface area contributed by atoms with Gasteiger partial charge in [0.15, 0.2) is 11.5 Å². The first kappa shape index (κ1) is 29.5. The normalized spacial score (nSPS) is 11.5. The molecular formula is C40H35NO4. The second-order valence-electron chi connectivity index (χ2n) is 10.9. The van der Waals surface area contributed by atoms with Crippen molar-refractivity contribution in [2.45, 2.75) is 32.7 Å². The van der Waals surface area contributed by atoms with Crippen LogP contribution in [0.1, 0.15) is 56.8 Å². The summed E-state index contributed by atoms with van der Waals surface area (Å²) in [7, 11) is 0. The number of ether oxygens (including phenoxy) is 3. The number of hydrogen-bond acceptors (Lipinski definition) is 4. The van der Waals surface area contributed by atoms with Gasteiger partial charge in [0.2, 0.25) is 5.78 Å². The third kappa shape index (κ3) is 7.70. The quantitative estimate of drug-likeness (QED) is 0.136. The smallest absolute Gasteiger partial charge is 0.209 e. The molecule has 0 saturated heterocycles. The maximum Gasteiger partial charge on any atom is 0.209 e. The van der Waals surface area contributed by atoms with Crippen LogP contribution in [0, 0.1) is 0 Å². The van der Waals surface area contributed by atoms with E-state index in [1.54, 1.807) is 12.1 Å². The Morgan fingerprint density at radius 2 is 1.11 bits per heavy atom. The zero-order valence-electron chi connectivity index (χ0n) is 25.2. The fraction of sp³-hybridized carbons (Fsp3) is 0.125. The average molecular weight is 594 g/mol. The van der Waals surface area contributed by atoms with Gasteiger partial charge in [0.1, 0.15) is 25.6 Å². The lowest BCUT2D eigenvalue weighted by molar-refractivity contribution is 0.103. The van der Waals surface area contributed by atoms with Crippen LogP contribution < -0.4 is 14.2 Å². The van der Waals surface area contributed by atoms with E-state index in [2.05, 4.69) is 24.0 Å². The fourth-order valence-electron chi connectivity index (χ4n) is 5.08. The SMILES string of the molecule is CC(c1ccc(OCc2ccccc2)cc1)c1ccc(C(=O)c2ccc(OCc3ccccc3)c(OCc3ccccc3)c2)[nH]1. The van der Waals surface area contributed by atoms with Crippen molar-refractivity contribution in [1.82, 2.24) is 4.98 Å². The number of ketones is 1. The highest BCUT2D eigenvalue weighted by Gasteiger charge is 2.18. The predicted molar refractivity (Wildman–Crippen MR) is 177 cm³/mol. The van der Waals surface area contributed by atoms with Crippen LogP contribution in [0.2, 0.25) is 0 Å². The minimum atomic E-state index is -0.114. The van der Waals surface area contributed by atoms with Crippen LogP contribution in [-0.4, -0.2) is 10.8 Å². The minimum absolute atomic E-state index is 0.0632. The molecule has 1 heterocycles. The zero-order chi connectivity index (χ0) is 30.8. The molecule has 1 N–H and O–H groups in total. The molecule has 0 saturated carbocycles. The van der Waals surface area contributed by atoms with E-state index in [0.29, 0.717) is 42.6 Å². The van der Waals surface area contributed by atoms with Gasteiger partial charge in [0, 0.05) is 17.2 Å². The molecule has 1 atom stereocenters. The summed E-state index contributed by atoms with van der Waals surface area (Å²) in [6, 6.07) is 47.3. The molecule has 0 aliphatic heterocycles. The van der Waals surface area contributed by atoms with E-state index in [9.17, 15) is 4.79 Å². The van der Waals surface area contributed by atoms with Crippen molar-refractivity contribution in [3.63, 3.8) is 0 Å². The van der Waals surface area contributed by atoms with Crippen LogP contribution in [0.3, 0.4) is 0 Å². The molecule has 5 heteroatoms. The van der Waals surface area contributed by atoms with Gasteiger partial charge in [-0.1, -0.05) is 110 Å². The number of benzene rings is 5. The van der Waals surface area contributed by atoms with Gasteiger partial charge in [0.25, 0.3) is 0 Å². The van der Waals surface area contributed by atoms with Gasteiger partial charge in [-0.3, -0.25) is 4.79 Å². The van der Waals surface area contributed by atoms with E-state index >= 15 is 0 Å². The van der Waals surface area contributed by atoms with Crippen LogP contribution in [0.5, 0.6) is 17.2 Å². The van der Waals surface area contributed by atoms with Crippen LogP contribution in [-0.2, 0) is 19.8 Å². The molecule has 6 aromatic rings. The molecule has 5 nitrogen and oxygen atoms in total. The van der Waals surface area contributed by atoms with Crippen LogP contribution >= 0.6 is 0 Å². The molecule has 0 aliphatic carbocycles. The minimum Gasteiger partial charge on any atom is -0.489 e. The number of aromatic nitrogens is 1. The van der Waals surface area contributed by atoms with Gasteiger partial charge in [0.05, 0.1) is 5.69 Å². The van der Waals surface area contributed by atoms with Crippen LogP contribution in [0.4, 0.5) is 0 Å². The first-order valence-electron chi connectivity index (χ1n) is 15.1. The maximum atomic E-state index is 13.6. The maximum absolute atomic E-state index is 13.6. The highest BCUT2D eigenvalue weighted by atomic mass is 16.5. The summed E-state index contributed by atoms with van der Waals surface area (Å²) < 4.78 is 18.3. The van der Waals surface area contributed by atoms with Crippen molar-refractivity contribution in [2.75, 3.05) is 0 Å². The second kappa shape index (κ2) is 14.3. The third-order valence-electron chi connectivity index (χ3n) is 7.73. The Balaban J connectivity index is 1.15. The summed E-state index contributed by atoms with van der Waals surface area (Å²) >= 11 is 0. The van der Waals surface area contributed by atoms with Crippen molar-refractivity contribution < 1.29 is 19.0 Å². The first-order chi connectivity index (χ1) is 22.1. The summed E-state index contributed by atoms with van der Waals surface area (Å²) in [5.74, 6) is 1.88. The monoisotopic (exact) mass is 593 g/mol. The molecule has 0 spiro atoms. The van der Waals surface area contributed by atoms with Gasteiger partial charge in [-0.15, -0.1) is 0 Å². The van der Waals surface area contributed by atoms with Crippen molar-refractivity contribution in [3.05, 3.63) is 185 Å². The molecule has 224 valence electrons. The number of nitrogens with one attached hydrogen (secondary N) is 1. The van der Waals surface area contributed by atoms with E-state index in [0.717, 1.165) is 33.7 Å². The Morgan fingerprint density at radius 1 is 0.578 bits per heavy atom. The molecule has 0 aliphatic rings. The van der Waals surface area contributed by atoms with E-state index in [-0.39, 0.29) is 11.7 Å². The van der Waals surface area contributed by atoms with E-state index < -0.39 is 0 Å². The molecule has 5 aromatic carbocycles. The van der Waals surface area contributed by atoms with Gasteiger partial charge >= 0.3 is 0 Å². The molecule has 6 rings (SSSR count). The van der Waals surface area contributed by atoms with Gasteiger partial charge in [-0.25, -0.2) is 0 Å². The largest absolute Gasteiger partial charge is 0.489 e. The fourth-order valence-corrected chi connectivity index (χ4v) is 5.08. The van der Waals surface area contributed by atoms with Crippen LogP contribution in [0.25, 0.3) is 0 Å². The molecule has 1 aromatic heterocycles.